The average Bonchev–Trinajstić information content (AvgIpc) is 1.61. The van der Waals surface area contributed by atoms with Crippen LogP contribution >= 0.6 is 0 Å². The molecular weight excluding hydrogens is 92.1 g/mol. The van der Waals surface area contributed by atoms with Crippen LogP contribution in [0.4, 0.5) is 0 Å². The van der Waals surface area contributed by atoms with Crippen LogP contribution in [0.5, 0.6) is 0 Å². The molecule has 2 heteroatoms. The second-order valence-electron chi connectivity index (χ2n) is 1.39. The van der Waals surface area contributed by atoms with Crippen molar-refractivity contribution in [3.05, 3.63) is 12.2 Å². The van der Waals surface area contributed by atoms with Gasteiger partial charge >= 0.3 is 0 Å². The fourth-order valence-electron chi connectivity index (χ4n) is 0.160. The van der Waals surface area contributed by atoms with E-state index in [-0.39, 0.29) is 0 Å². The first-order valence-corrected chi connectivity index (χ1v) is 2.07. The topological polar surface area (TPSA) is 18.5 Å². The Labute approximate surface area is 43.7 Å². The minimum Gasteiger partial charge on any atom is -0.240 e. The van der Waals surface area contributed by atoms with E-state index in [1.165, 1.54) is 7.11 Å². The second-order valence-corrected chi connectivity index (χ2v) is 1.39. The van der Waals surface area contributed by atoms with Gasteiger partial charge in [0.05, 0.1) is 7.11 Å². The van der Waals surface area contributed by atoms with Crippen molar-refractivity contribution in [2.45, 2.75) is 6.92 Å². The lowest BCUT2D eigenvalue weighted by molar-refractivity contribution is -0.265. The van der Waals surface area contributed by atoms with E-state index < -0.39 is 0 Å². The lowest BCUT2D eigenvalue weighted by Crippen LogP contribution is -1.91. The van der Waals surface area contributed by atoms with Gasteiger partial charge in [0.1, 0.15) is 6.61 Å². The Kier molecular flexibility index (Phi) is 3.65. The van der Waals surface area contributed by atoms with Crippen LogP contribution in [0.25, 0.3) is 0 Å². The normalized spacial score (nSPS) is 8.86. The molecule has 0 atom stereocenters. The highest BCUT2D eigenvalue weighted by molar-refractivity contribution is 4.86. The fourth-order valence-corrected chi connectivity index (χ4v) is 0.160. The molecule has 0 fully saturated rings. The molecule has 0 aliphatic carbocycles. The maximum atomic E-state index is 4.50. The second kappa shape index (κ2) is 3.84. The maximum Gasteiger partial charge on any atom is 0.103 e. The summed E-state index contributed by atoms with van der Waals surface area (Å²) in [7, 11) is 1.48. The summed E-state index contributed by atoms with van der Waals surface area (Å²) in [5, 5.41) is 0. The molecule has 0 heterocycles. The van der Waals surface area contributed by atoms with Gasteiger partial charge in [0.2, 0.25) is 0 Å². The summed E-state index contributed by atoms with van der Waals surface area (Å²) >= 11 is 0. The average molecular weight is 102 g/mol. The van der Waals surface area contributed by atoms with E-state index in [9.17, 15) is 0 Å². The van der Waals surface area contributed by atoms with E-state index in [0.717, 1.165) is 5.57 Å². The van der Waals surface area contributed by atoms with Gasteiger partial charge in [-0.3, -0.25) is 0 Å². The van der Waals surface area contributed by atoms with Crippen molar-refractivity contribution in [3.8, 4) is 0 Å². The molecule has 0 aliphatic heterocycles. The summed E-state index contributed by atoms with van der Waals surface area (Å²) in [6.07, 6.45) is 0. The highest BCUT2D eigenvalue weighted by Gasteiger charge is 1.80. The van der Waals surface area contributed by atoms with Gasteiger partial charge in [-0.2, -0.15) is 0 Å². The third kappa shape index (κ3) is 5.66. The summed E-state index contributed by atoms with van der Waals surface area (Å²) in [6.45, 7) is 5.94. The monoisotopic (exact) mass is 102 g/mol. The lowest BCUT2D eigenvalue weighted by atomic mass is 10.4. The molecular formula is C5H10O2. The first-order chi connectivity index (χ1) is 3.27. The van der Waals surface area contributed by atoms with Crippen molar-refractivity contribution in [1.29, 1.82) is 0 Å². The van der Waals surface area contributed by atoms with E-state index in [4.69, 9.17) is 0 Å². The van der Waals surface area contributed by atoms with E-state index in [1.807, 2.05) is 6.92 Å². The van der Waals surface area contributed by atoms with Crippen molar-refractivity contribution in [3.63, 3.8) is 0 Å². The van der Waals surface area contributed by atoms with Crippen LogP contribution in [-0.4, -0.2) is 13.7 Å². The summed E-state index contributed by atoms with van der Waals surface area (Å²) in [5.74, 6) is 0. The van der Waals surface area contributed by atoms with Gasteiger partial charge in [-0.05, 0) is 6.92 Å². The summed E-state index contributed by atoms with van der Waals surface area (Å²) in [6, 6.07) is 0. The van der Waals surface area contributed by atoms with Crippen molar-refractivity contribution in [1.82, 2.24) is 0 Å². The molecule has 0 spiro atoms. The molecule has 0 rings (SSSR count). The van der Waals surface area contributed by atoms with Crippen molar-refractivity contribution < 1.29 is 9.78 Å². The molecule has 0 bridgehead atoms. The molecule has 0 N–H and O–H groups in total. The smallest absolute Gasteiger partial charge is 0.103 e. The van der Waals surface area contributed by atoms with Crippen LogP contribution in [0.2, 0.25) is 0 Å². The molecule has 0 saturated carbocycles. The first kappa shape index (κ1) is 6.66. The van der Waals surface area contributed by atoms with Gasteiger partial charge in [0, 0.05) is 0 Å². The Morgan fingerprint density at radius 1 is 1.71 bits per heavy atom. The van der Waals surface area contributed by atoms with Crippen LogP contribution in [0.3, 0.4) is 0 Å². The summed E-state index contributed by atoms with van der Waals surface area (Å²) < 4.78 is 0. The molecule has 0 unspecified atom stereocenters. The van der Waals surface area contributed by atoms with Gasteiger partial charge < -0.3 is 0 Å². The van der Waals surface area contributed by atoms with E-state index in [1.54, 1.807) is 0 Å². The molecule has 0 aromatic rings. The van der Waals surface area contributed by atoms with Crippen LogP contribution in [-0.2, 0) is 9.78 Å². The van der Waals surface area contributed by atoms with Crippen molar-refractivity contribution in [2.75, 3.05) is 13.7 Å². The van der Waals surface area contributed by atoms with Gasteiger partial charge in [0.25, 0.3) is 0 Å². The Hall–Kier alpha value is -0.340. The minimum absolute atomic E-state index is 0.483. The molecule has 0 radical (unpaired) electrons. The zero-order valence-corrected chi connectivity index (χ0v) is 4.73. The van der Waals surface area contributed by atoms with Crippen LogP contribution in [0.15, 0.2) is 12.2 Å². The zero-order valence-electron chi connectivity index (χ0n) is 4.73. The fraction of sp³-hybridized carbons (Fsp3) is 0.600. The Morgan fingerprint density at radius 3 is 2.43 bits per heavy atom. The van der Waals surface area contributed by atoms with Crippen LogP contribution in [0, 0.1) is 0 Å². The maximum absolute atomic E-state index is 4.50. The number of rotatable bonds is 3. The third-order valence-corrected chi connectivity index (χ3v) is 0.423. The number of hydrogen-bond donors (Lipinski definition) is 0. The third-order valence-electron chi connectivity index (χ3n) is 0.423. The summed E-state index contributed by atoms with van der Waals surface area (Å²) in [5.41, 5.74) is 0.960. The quantitative estimate of drug-likeness (QED) is 0.302. The summed E-state index contributed by atoms with van der Waals surface area (Å²) in [4.78, 5) is 8.79. The van der Waals surface area contributed by atoms with Gasteiger partial charge in [-0.25, -0.2) is 9.78 Å². The van der Waals surface area contributed by atoms with Crippen molar-refractivity contribution in [2.24, 2.45) is 0 Å². The van der Waals surface area contributed by atoms with E-state index >= 15 is 0 Å². The molecule has 0 aliphatic rings. The largest absolute Gasteiger partial charge is 0.240 e. The Morgan fingerprint density at radius 2 is 2.29 bits per heavy atom. The molecule has 0 aromatic heterocycles. The molecule has 7 heavy (non-hydrogen) atoms. The molecule has 2 nitrogen and oxygen atoms in total. The van der Waals surface area contributed by atoms with E-state index in [2.05, 4.69) is 16.4 Å². The van der Waals surface area contributed by atoms with Crippen molar-refractivity contribution >= 4 is 0 Å². The lowest BCUT2D eigenvalue weighted by Gasteiger charge is -1.94. The van der Waals surface area contributed by atoms with Gasteiger partial charge in [0.15, 0.2) is 0 Å². The minimum atomic E-state index is 0.483. The molecule has 0 aromatic carbocycles. The van der Waals surface area contributed by atoms with E-state index in [0.29, 0.717) is 6.61 Å². The Balaban J connectivity index is 2.82. The highest BCUT2D eigenvalue weighted by atomic mass is 17.2. The predicted octanol–water partition coefficient (Wildman–Crippen LogP) is 1.14. The molecule has 42 valence electrons. The highest BCUT2D eigenvalue weighted by Crippen LogP contribution is 1.85. The van der Waals surface area contributed by atoms with Crippen LogP contribution < -0.4 is 0 Å². The van der Waals surface area contributed by atoms with Gasteiger partial charge in [-0.15, -0.1) is 0 Å². The molecule has 0 saturated heterocycles. The van der Waals surface area contributed by atoms with Gasteiger partial charge in [-0.1, -0.05) is 12.2 Å². The number of hydrogen-bond acceptors (Lipinski definition) is 2. The standard InChI is InChI=1S/C5H10O2/c1-5(2)4-7-6-3/h1,4H2,2-3H3. The predicted molar refractivity (Wildman–Crippen MR) is 27.8 cm³/mol. The zero-order chi connectivity index (χ0) is 5.70. The molecule has 0 amide bonds. The first-order valence-electron chi connectivity index (χ1n) is 2.07. The SMILES string of the molecule is C=C(C)COOC. The van der Waals surface area contributed by atoms with Crippen LogP contribution in [0.1, 0.15) is 6.92 Å². The Bertz CT molecular complexity index is 59.1.